The molecule has 3 N–H and O–H groups in total. The van der Waals surface area contributed by atoms with Gasteiger partial charge < -0.3 is 14.2 Å². The fourth-order valence-electron chi connectivity index (χ4n) is 4.47. The van der Waals surface area contributed by atoms with Gasteiger partial charge in [-0.2, -0.15) is 4.31 Å². The van der Waals surface area contributed by atoms with Gasteiger partial charge in [-0.3, -0.25) is 10.6 Å². The van der Waals surface area contributed by atoms with Crippen LogP contribution in [0.15, 0.2) is 64.0 Å². The molecular weight excluding hydrogens is 617 g/mol. The summed E-state index contributed by atoms with van der Waals surface area (Å²) < 4.78 is 102. The Kier molecular flexibility index (Phi) is 9.60. The summed E-state index contributed by atoms with van der Waals surface area (Å²) in [6.45, 7) is 2.14. The van der Waals surface area contributed by atoms with Crippen molar-refractivity contribution in [2.45, 2.75) is 50.0 Å². The summed E-state index contributed by atoms with van der Waals surface area (Å²) in [5.74, 6) is -4.29. The standard InChI is InChI=1S/C27H28F5N5O6S/c1-3-26(28,29)19-6-4-18(5-7-19)15-33-24(38)22-16-36(25(39)34-23-14-17(2)35-43-23)12-13-37(22)44(40,41)21-10-8-20(9-11-21)42-27(30,31)32/h4-11,14,22H,3,12-13,15-16H2,1-2H3,(H,33,38)(H,34,39)/p+1. The molecule has 3 aromatic rings. The van der Waals surface area contributed by atoms with E-state index in [0.717, 1.165) is 28.6 Å². The van der Waals surface area contributed by atoms with Crippen LogP contribution >= 0.6 is 0 Å². The lowest BCUT2D eigenvalue weighted by Gasteiger charge is -2.38. The number of carbonyl (C=O) groups is 2. The molecule has 1 aliphatic rings. The molecule has 2 aromatic carbocycles. The Morgan fingerprint density at radius 3 is 2.30 bits per heavy atom. The van der Waals surface area contributed by atoms with Crippen LogP contribution in [0.1, 0.15) is 30.2 Å². The number of piperazine rings is 1. The monoisotopic (exact) mass is 646 g/mol. The average Bonchev–Trinajstić information content (AvgIpc) is 3.39. The van der Waals surface area contributed by atoms with E-state index in [-0.39, 0.29) is 44.0 Å². The van der Waals surface area contributed by atoms with Crippen molar-refractivity contribution < 1.29 is 54.5 Å². The second-order valence-corrected chi connectivity index (χ2v) is 11.8. The van der Waals surface area contributed by atoms with Gasteiger partial charge in [-0.1, -0.05) is 36.3 Å². The smallest absolute Gasteiger partial charge is 0.406 e. The third kappa shape index (κ3) is 7.89. The number of hydrogen-bond acceptors (Lipinski definition) is 7. The van der Waals surface area contributed by atoms with Gasteiger partial charge in [0.1, 0.15) is 12.3 Å². The molecule has 0 spiro atoms. The van der Waals surface area contributed by atoms with E-state index in [9.17, 15) is 40.0 Å². The maximum Gasteiger partial charge on any atom is 0.573 e. The van der Waals surface area contributed by atoms with Gasteiger partial charge in [0.25, 0.3) is 5.92 Å². The number of amides is 3. The number of nitrogens with one attached hydrogen (secondary N) is 1. The Labute approximate surface area is 249 Å². The molecule has 1 aromatic heterocycles. The Balaban J connectivity index is 1.54. The number of ether oxygens (including phenoxy) is 1. The minimum Gasteiger partial charge on any atom is -0.406 e. The van der Waals surface area contributed by atoms with E-state index in [4.69, 9.17) is 4.52 Å². The number of halogens is 5. The van der Waals surface area contributed by atoms with Gasteiger partial charge in [0.2, 0.25) is 15.9 Å². The topological polar surface area (TPSA) is 139 Å². The van der Waals surface area contributed by atoms with Crippen molar-refractivity contribution in [3.05, 3.63) is 71.4 Å². The van der Waals surface area contributed by atoms with Gasteiger partial charge in [0.05, 0.1) is 17.1 Å². The predicted octanol–water partition coefficient (Wildman–Crippen LogP) is 3.58. The highest BCUT2D eigenvalue weighted by Gasteiger charge is 2.43. The number of quaternary nitrogens is 1. The first-order chi connectivity index (χ1) is 20.6. The number of nitrogens with zero attached hydrogens (tertiary/aromatic N) is 3. The van der Waals surface area contributed by atoms with Crippen molar-refractivity contribution in [3.63, 3.8) is 0 Å². The highest BCUT2D eigenvalue weighted by Crippen LogP contribution is 2.31. The molecule has 4 rings (SSSR count). The van der Waals surface area contributed by atoms with Crippen LogP contribution in [0.3, 0.4) is 0 Å². The van der Waals surface area contributed by atoms with E-state index in [0.29, 0.717) is 11.3 Å². The van der Waals surface area contributed by atoms with Gasteiger partial charge in [-0.05, 0) is 31.2 Å². The van der Waals surface area contributed by atoms with Crippen LogP contribution in [-0.2, 0) is 27.3 Å². The van der Waals surface area contributed by atoms with Gasteiger partial charge in [-0.15, -0.1) is 13.2 Å². The first kappa shape index (κ1) is 32.8. The summed E-state index contributed by atoms with van der Waals surface area (Å²) >= 11 is 0. The Morgan fingerprint density at radius 2 is 1.73 bits per heavy atom. The van der Waals surface area contributed by atoms with Crippen LogP contribution in [0.25, 0.3) is 0 Å². The number of alkyl halides is 5. The molecule has 1 unspecified atom stereocenters. The minimum absolute atomic E-state index is 0.0196. The Hall–Kier alpha value is -4.09. The highest BCUT2D eigenvalue weighted by atomic mass is 32.2. The molecule has 1 saturated heterocycles. The van der Waals surface area contributed by atoms with Gasteiger partial charge in [-0.25, -0.2) is 26.8 Å². The first-order valence-corrected chi connectivity index (χ1v) is 14.7. The molecule has 0 radical (unpaired) electrons. The molecule has 0 aliphatic carbocycles. The lowest BCUT2D eigenvalue weighted by atomic mass is 10.0. The number of aryl methyl sites for hydroxylation is 1. The molecule has 1 fully saturated rings. The number of sulfonamides is 1. The van der Waals surface area contributed by atoms with Crippen molar-refractivity contribution in [1.82, 2.24) is 14.4 Å². The summed E-state index contributed by atoms with van der Waals surface area (Å²) in [6.07, 6.45) is -5.37. The zero-order chi connectivity index (χ0) is 32.3. The second-order valence-electron chi connectivity index (χ2n) is 9.93. The molecule has 3 amide bonds. The van der Waals surface area contributed by atoms with Crippen molar-refractivity contribution in [3.8, 4) is 5.75 Å². The second kappa shape index (κ2) is 12.9. The Morgan fingerprint density at radius 1 is 1.07 bits per heavy atom. The van der Waals surface area contributed by atoms with Crippen molar-refractivity contribution in [2.75, 3.05) is 25.0 Å². The lowest BCUT2D eigenvalue weighted by Crippen LogP contribution is -2.91. The maximum atomic E-state index is 14.0. The van der Waals surface area contributed by atoms with E-state index < -0.39 is 50.9 Å². The maximum absolute atomic E-state index is 14.0. The van der Waals surface area contributed by atoms with Gasteiger partial charge in [0, 0.05) is 36.7 Å². The van der Waals surface area contributed by atoms with Gasteiger partial charge in [0.15, 0.2) is 6.04 Å². The fraction of sp³-hybridized carbons (Fsp3) is 0.370. The molecule has 44 heavy (non-hydrogen) atoms. The van der Waals surface area contributed by atoms with Crippen molar-refractivity contribution >= 4 is 27.8 Å². The number of carbonyl (C=O) groups excluding carboxylic acids is 2. The summed E-state index contributed by atoms with van der Waals surface area (Å²) in [7, 11) is -4.44. The number of urea groups is 1. The number of anilines is 1. The fourth-order valence-corrected chi connectivity index (χ4v) is 6.05. The molecule has 0 saturated carbocycles. The summed E-state index contributed by atoms with van der Waals surface area (Å²) in [4.78, 5) is 27.2. The van der Waals surface area contributed by atoms with Crippen LogP contribution in [-0.4, -0.2) is 66.8 Å². The number of benzene rings is 2. The van der Waals surface area contributed by atoms with Crippen LogP contribution in [0.5, 0.6) is 5.75 Å². The van der Waals surface area contributed by atoms with E-state index in [1.807, 2.05) is 0 Å². The largest absolute Gasteiger partial charge is 0.573 e. The SMILES string of the molecule is CCC(F)(F)c1ccc(C[NH2+]C(=O)C2CN(C(=O)Nc3cc(C)no3)CCN2S(=O)(=O)c2ccc(OC(F)(F)F)cc2)cc1. The summed E-state index contributed by atoms with van der Waals surface area (Å²) in [6, 6.07) is 8.22. The molecular formula is C27H29F5N5O6S+. The lowest BCUT2D eigenvalue weighted by molar-refractivity contribution is -0.586. The number of primary amides is 1. The predicted molar refractivity (Wildman–Crippen MR) is 144 cm³/mol. The third-order valence-corrected chi connectivity index (χ3v) is 8.75. The van der Waals surface area contributed by atoms with Gasteiger partial charge >= 0.3 is 18.3 Å². The minimum atomic E-state index is -4.98. The van der Waals surface area contributed by atoms with E-state index >= 15 is 0 Å². The molecule has 0 bridgehead atoms. The van der Waals surface area contributed by atoms with E-state index in [2.05, 4.69) is 15.2 Å². The number of aromatic nitrogens is 1. The van der Waals surface area contributed by atoms with Crippen molar-refractivity contribution in [1.29, 1.82) is 0 Å². The third-order valence-electron chi connectivity index (χ3n) is 6.83. The Bertz CT molecular complexity index is 1580. The first-order valence-electron chi connectivity index (χ1n) is 13.3. The van der Waals surface area contributed by atoms with Crippen molar-refractivity contribution in [2.24, 2.45) is 0 Å². The number of hydrogen-bond donors (Lipinski definition) is 2. The number of rotatable bonds is 9. The average molecular weight is 647 g/mol. The molecule has 1 aliphatic heterocycles. The normalized spacial score (nSPS) is 16.5. The molecule has 238 valence electrons. The number of nitrogens with two attached hydrogens (primary N) is 1. The quantitative estimate of drug-likeness (QED) is 0.339. The summed E-state index contributed by atoms with van der Waals surface area (Å²) in [5.41, 5.74) is 0.821. The van der Waals surface area contributed by atoms with Crippen LogP contribution in [0, 0.1) is 6.92 Å². The van der Waals surface area contributed by atoms with E-state index in [1.165, 1.54) is 47.5 Å². The summed E-state index contributed by atoms with van der Waals surface area (Å²) in [5, 5.41) is 7.35. The molecule has 2 heterocycles. The van der Waals surface area contributed by atoms with Crippen LogP contribution < -0.4 is 15.4 Å². The molecule has 11 nitrogen and oxygen atoms in total. The zero-order valence-electron chi connectivity index (χ0n) is 23.5. The van der Waals surface area contributed by atoms with Crippen LogP contribution in [0.4, 0.5) is 32.6 Å². The molecule has 17 heteroatoms. The zero-order valence-corrected chi connectivity index (χ0v) is 24.3. The van der Waals surface area contributed by atoms with Crippen LogP contribution in [0.2, 0.25) is 0 Å². The van der Waals surface area contributed by atoms with E-state index in [1.54, 1.807) is 6.92 Å². The molecule has 1 atom stereocenters. The highest BCUT2D eigenvalue weighted by molar-refractivity contribution is 7.89.